The lowest BCUT2D eigenvalue weighted by Gasteiger charge is -2.07. The first-order chi connectivity index (χ1) is 14.7. The van der Waals surface area contributed by atoms with Crippen molar-refractivity contribution in [2.24, 2.45) is 0 Å². The number of benzene rings is 1. The Labute approximate surface area is 174 Å². The van der Waals surface area contributed by atoms with Crippen LogP contribution >= 0.6 is 0 Å². The van der Waals surface area contributed by atoms with E-state index < -0.39 is 0 Å². The van der Waals surface area contributed by atoms with E-state index in [0.29, 0.717) is 30.3 Å². The number of pyridine rings is 1. The molecule has 3 rings (SSSR count). The van der Waals surface area contributed by atoms with Crippen molar-refractivity contribution in [1.29, 1.82) is 0 Å². The average Bonchev–Trinajstić information content (AvgIpc) is 2.78. The first-order valence-corrected chi connectivity index (χ1v) is 9.61. The summed E-state index contributed by atoms with van der Waals surface area (Å²) in [6.07, 6.45) is 6.23. The van der Waals surface area contributed by atoms with Gasteiger partial charge in [0.2, 0.25) is 5.91 Å². The Kier molecular flexibility index (Phi) is 7.43. The smallest absolute Gasteiger partial charge is 0.273 e. The molecule has 0 unspecified atom stereocenters. The molecule has 0 radical (unpaired) electrons. The summed E-state index contributed by atoms with van der Waals surface area (Å²) in [5.41, 5.74) is 1.45. The van der Waals surface area contributed by atoms with Crippen LogP contribution in [-0.4, -0.2) is 32.7 Å². The molecule has 8 heteroatoms. The Morgan fingerprint density at radius 2 is 2.13 bits per heavy atom. The van der Waals surface area contributed by atoms with Gasteiger partial charge in [-0.15, -0.1) is 16.8 Å². The summed E-state index contributed by atoms with van der Waals surface area (Å²) in [7, 11) is 0. The highest BCUT2D eigenvalue weighted by Crippen LogP contribution is 2.20. The minimum Gasteiger partial charge on any atom is -0.493 e. The van der Waals surface area contributed by atoms with Crippen molar-refractivity contribution >= 4 is 5.91 Å². The van der Waals surface area contributed by atoms with Crippen molar-refractivity contribution in [3.05, 3.63) is 83.1 Å². The zero-order valence-corrected chi connectivity index (χ0v) is 16.5. The third-order valence-electron chi connectivity index (χ3n) is 4.26. The normalized spacial score (nSPS) is 10.4. The molecule has 154 valence electrons. The van der Waals surface area contributed by atoms with E-state index in [9.17, 15) is 9.59 Å². The number of H-pyrrole nitrogens is 1. The van der Waals surface area contributed by atoms with Crippen LogP contribution in [0, 0.1) is 0 Å². The molecule has 2 N–H and O–H groups in total. The summed E-state index contributed by atoms with van der Waals surface area (Å²) in [6.45, 7) is 4.57. The van der Waals surface area contributed by atoms with Gasteiger partial charge < -0.3 is 15.0 Å². The van der Waals surface area contributed by atoms with E-state index in [1.807, 2.05) is 24.3 Å². The zero-order chi connectivity index (χ0) is 21.2. The van der Waals surface area contributed by atoms with Crippen molar-refractivity contribution < 1.29 is 9.53 Å². The van der Waals surface area contributed by atoms with Crippen LogP contribution in [0.5, 0.6) is 5.75 Å². The van der Waals surface area contributed by atoms with Crippen LogP contribution in [0.15, 0.2) is 66.2 Å². The fourth-order valence-electron chi connectivity index (χ4n) is 2.67. The first kappa shape index (κ1) is 20.9. The van der Waals surface area contributed by atoms with Crippen molar-refractivity contribution in [1.82, 2.24) is 25.5 Å². The second-order valence-electron chi connectivity index (χ2n) is 6.54. The summed E-state index contributed by atoms with van der Waals surface area (Å²) in [5.74, 6) is 0.846. The lowest BCUT2D eigenvalue weighted by Crippen LogP contribution is -2.25. The van der Waals surface area contributed by atoms with Crippen molar-refractivity contribution in [3.63, 3.8) is 0 Å². The molecule has 8 nitrogen and oxygen atoms in total. The lowest BCUT2D eigenvalue weighted by molar-refractivity contribution is -0.121. The number of hydrogen-bond donors (Lipinski definition) is 2. The summed E-state index contributed by atoms with van der Waals surface area (Å²) >= 11 is 0. The van der Waals surface area contributed by atoms with Crippen LogP contribution in [0.4, 0.5) is 0 Å². The van der Waals surface area contributed by atoms with Crippen LogP contribution in [0.25, 0.3) is 11.4 Å². The molecule has 0 saturated heterocycles. The summed E-state index contributed by atoms with van der Waals surface area (Å²) < 4.78 is 5.62. The third kappa shape index (κ3) is 6.10. The number of aromatic nitrogens is 4. The number of aromatic amines is 1. The van der Waals surface area contributed by atoms with E-state index in [2.05, 4.69) is 32.1 Å². The number of aryl methyl sites for hydroxylation is 1. The zero-order valence-electron chi connectivity index (χ0n) is 16.5. The van der Waals surface area contributed by atoms with Crippen molar-refractivity contribution in [3.8, 4) is 17.1 Å². The molecule has 0 spiro atoms. The van der Waals surface area contributed by atoms with Gasteiger partial charge in [0.25, 0.3) is 5.56 Å². The quantitative estimate of drug-likeness (QED) is 0.396. The molecule has 0 fully saturated rings. The largest absolute Gasteiger partial charge is 0.493 e. The standard InChI is InChI=1S/C22H23N5O3/c1-2-3-12-30-18-8-4-7-17(13-18)21-25-22(29)19(26-27-21)9-10-20(28)24-15-16-6-5-11-23-14-16/h2,4-8,11,13-14H,1,3,9-10,12,15H2,(H,24,28)(H,25,27,29). The van der Waals surface area contributed by atoms with Gasteiger partial charge in [0.1, 0.15) is 11.4 Å². The van der Waals surface area contributed by atoms with Gasteiger partial charge in [-0.2, -0.15) is 0 Å². The van der Waals surface area contributed by atoms with E-state index in [4.69, 9.17) is 4.74 Å². The maximum absolute atomic E-state index is 12.4. The Balaban J connectivity index is 1.57. The first-order valence-electron chi connectivity index (χ1n) is 9.61. The highest BCUT2D eigenvalue weighted by atomic mass is 16.5. The minimum atomic E-state index is -0.363. The fourth-order valence-corrected chi connectivity index (χ4v) is 2.67. The number of nitrogens with zero attached hydrogens (tertiary/aromatic N) is 3. The van der Waals surface area contributed by atoms with Crippen LogP contribution in [0.3, 0.4) is 0 Å². The second kappa shape index (κ2) is 10.7. The Morgan fingerprint density at radius 1 is 1.23 bits per heavy atom. The molecule has 0 bridgehead atoms. The van der Waals surface area contributed by atoms with Gasteiger partial charge in [-0.05, 0) is 30.2 Å². The van der Waals surface area contributed by atoms with E-state index in [0.717, 1.165) is 12.0 Å². The number of carbonyl (C=O) groups is 1. The molecule has 0 aliphatic heterocycles. The number of rotatable bonds is 10. The third-order valence-corrected chi connectivity index (χ3v) is 4.26. The maximum Gasteiger partial charge on any atom is 0.273 e. The van der Waals surface area contributed by atoms with Crippen LogP contribution < -0.4 is 15.6 Å². The van der Waals surface area contributed by atoms with Crippen LogP contribution in [0.2, 0.25) is 0 Å². The molecule has 3 aromatic rings. The molecular formula is C22H23N5O3. The van der Waals surface area contributed by atoms with Gasteiger partial charge in [-0.25, -0.2) is 0 Å². The SMILES string of the molecule is C=CCCOc1cccc(-c2nnc(CCC(=O)NCc3cccnc3)c(=O)[nH]2)c1. The summed E-state index contributed by atoms with van der Waals surface area (Å²) in [5, 5.41) is 10.9. The van der Waals surface area contributed by atoms with Crippen molar-refractivity contribution in [2.75, 3.05) is 6.61 Å². The molecule has 2 heterocycles. The molecule has 30 heavy (non-hydrogen) atoms. The highest BCUT2D eigenvalue weighted by Gasteiger charge is 2.10. The van der Waals surface area contributed by atoms with E-state index in [-0.39, 0.29) is 30.0 Å². The molecule has 0 aliphatic carbocycles. The van der Waals surface area contributed by atoms with Gasteiger partial charge in [-0.1, -0.05) is 24.3 Å². The van der Waals surface area contributed by atoms with Gasteiger partial charge in [0, 0.05) is 37.3 Å². The number of nitrogens with one attached hydrogen (secondary N) is 2. The molecule has 2 aromatic heterocycles. The molecule has 1 amide bonds. The minimum absolute atomic E-state index is 0.143. The monoisotopic (exact) mass is 405 g/mol. The van der Waals surface area contributed by atoms with Gasteiger partial charge >= 0.3 is 0 Å². The average molecular weight is 405 g/mol. The number of amides is 1. The predicted octanol–water partition coefficient (Wildman–Crippen LogP) is 2.43. The predicted molar refractivity (Wildman–Crippen MR) is 113 cm³/mol. The topological polar surface area (TPSA) is 110 Å². The summed E-state index contributed by atoms with van der Waals surface area (Å²) in [6, 6.07) is 10.9. The molecule has 0 saturated carbocycles. The summed E-state index contributed by atoms with van der Waals surface area (Å²) in [4.78, 5) is 31.1. The lowest BCUT2D eigenvalue weighted by atomic mass is 10.2. The molecule has 0 aliphatic rings. The van der Waals surface area contributed by atoms with Gasteiger partial charge in [-0.3, -0.25) is 14.6 Å². The molecular weight excluding hydrogens is 382 g/mol. The second-order valence-corrected chi connectivity index (χ2v) is 6.54. The van der Waals surface area contributed by atoms with Crippen molar-refractivity contribution in [2.45, 2.75) is 25.8 Å². The van der Waals surface area contributed by atoms with E-state index in [1.54, 1.807) is 30.6 Å². The van der Waals surface area contributed by atoms with Gasteiger partial charge in [0.05, 0.1) is 6.61 Å². The van der Waals surface area contributed by atoms with Gasteiger partial charge in [0.15, 0.2) is 5.82 Å². The van der Waals surface area contributed by atoms with E-state index in [1.165, 1.54) is 0 Å². The van der Waals surface area contributed by atoms with Crippen LogP contribution in [-0.2, 0) is 17.8 Å². The van der Waals surface area contributed by atoms with Crippen LogP contribution in [0.1, 0.15) is 24.1 Å². The molecule has 0 atom stereocenters. The Bertz CT molecular complexity index is 1050. The molecule has 1 aromatic carbocycles. The maximum atomic E-state index is 12.4. The Morgan fingerprint density at radius 3 is 2.90 bits per heavy atom. The highest BCUT2D eigenvalue weighted by molar-refractivity contribution is 5.76. The number of ether oxygens (including phenoxy) is 1. The fraction of sp³-hybridized carbons (Fsp3) is 0.227. The van der Waals surface area contributed by atoms with E-state index >= 15 is 0 Å². The Hall–Kier alpha value is -3.81. The number of carbonyl (C=O) groups excluding carboxylic acids is 1. The number of hydrogen-bond acceptors (Lipinski definition) is 6.